The second-order valence-electron chi connectivity index (χ2n) is 6.13. The van der Waals surface area contributed by atoms with Gasteiger partial charge in [-0.15, -0.1) is 0 Å². The molecular weight excluding hydrogens is 204 g/mol. The Morgan fingerprint density at radius 2 is 1.00 bits per heavy atom. The van der Waals surface area contributed by atoms with Gasteiger partial charge in [0.1, 0.15) is 0 Å². The molecule has 0 aromatic heterocycles. The van der Waals surface area contributed by atoms with Gasteiger partial charge in [0.15, 0.2) is 0 Å². The van der Waals surface area contributed by atoms with Crippen molar-refractivity contribution in [2.75, 3.05) is 0 Å². The summed E-state index contributed by atoms with van der Waals surface area (Å²) in [6.45, 7) is 9.45. The molecule has 104 valence electrons. The molecule has 0 nitrogen and oxygen atoms in total. The Hall–Kier alpha value is 0. The molecule has 0 aromatic carbocycles. The average Bonchev–Trinajstić information content (AvgIpc) is 2.31. The molecule has 0 aliphatic carbocycles. The van der Waals surface area contributed by atoms with E-state index in [-0.39, 0.29) is 0 Å². The van der Waals surface area contributed by atoms with Crippen LogP contribution in [0.15, 0.2) is 0 Å². The summed E-state index contributed by atoms with van der Waals surface area (Å²) in [5.41, 5.74) is 0. The summed E-state index contributed by atoms with van der Waals surface area (Å²) < 4.78 is 0. The van der Waals surface area contributed by atoms with Gasteiger partial charge >= 0.3 is 0 Å². The summed E-state index contributed by atoms with van der Waals surface area (Å²) in [5, 5.41) is 0. The average molecular weight is 240 g/mol. The molecule has 0 amide bonds. The van der Waals surface area contributed by atoms with Crippen LogP contribution in [0.3, 0.4) is 0 Å². The van der Waals surface area contributed by atoms with Crippen LogP contribution < -0.4 is 0 Å². The van der Waals surface area contributed by atoms with Gasteiger partial charge in [-0.25, -0.2) is 0 Å². The third-order valence-electron chi connectivity index (χ3n) is 3.98. The van der Waals surface area contributed by atoms with Gasteiger partial charge in [-0.3, -0.25) is 0 Å². The van der Waals surface area contributed by atoms with E-state index in [2.05, 4.69) is 27.7 Å². The Morgan fingerprint density at radius 3 is 1.47 bits per heavy atom. The highest BCUT2D eigenvalue weighted by Crippen LogP contribution is 2.19. The largest absolute Gasteiger partial charge is 0.0654 e. The first kappa shape index (κ1) is 17.0. The standard InChI is InChI=1S/C17H36/c1-5-7-8-9-13-17(4)15-11-10-14-16(3)12-6-2/h16-17H,5-15H2,1-4H3. The molecule has 0 bridgehead atoms. The van der Waals surface area contributed by atoms with Crippen LogP contribution in [0.4, 0.5) is 0 Å². The van der Waals surface area contributed by atoms with Gasteiger partial charge in [-0.2, -0.15) is 0 Å². The molecule has 0 aromatic rings. The first-order valence-electron chi connectivity index (χ1n) is 8.20. The van der Waals surface area contributed by atoms with E-state index < -0.39 is 0 Å². The van der Waals surface area contributed by atoms with Crippen molar-refractivity contribution >= 4 is 0 Å². The van der Waals surface area contributed by atoms with E-state index in [4.69, 9.17) is 0 Å². The summed E-state index contributed by atoms with van der Waals surface area (Å²) in [6, 6.07) is 0. The first-order chi connectivity index (χ1) is 8.20. The fraction of sp³-hybridized carbons (Fsp3) is 1.00. The van der Waals surface area contributed by atoms with Crippen molar-refractivity contribution in [3.05, 3.63) is 0 Å². The maximum absolute atomic E-state index is 2.45. The second-order valence-corrected chi connectivity index (χ2v) is 6.13. The van der Waals surface area contributed by atoms with Crippen molar-refractivity contribution in [2.45, 2.75) is 98.3 Å². The molecule has 2 unspecified atom stereocenters. The highest BCUT2D eigenvalue weighted by molar-refractivity contribution is 4.57. The summed E-state index contributed by atoms with van der Waals surface area (Å²) in [4.78, 5) is 0. The minimum atomic E-state index is 0.958. The Kier molecular flexibility index (Phi) is 12.5. The van der Waals surface area contributed by atoms with Gasteiger partial charge < -0.3 is 0 Å². The van der Waals surface area contributed by atoms with Crippen LogP contribution in [-0.4, -0.2) is 0 Å². The Balaban J connectivity index is 3.23. The van der Waals surface area contributed by atoms with E-state index in [1.54, 1.807) is 0 Å². The number of hydrogen-bond donors (Lipinski definition) is 0. The van der Waals surface area contributed by atoms with Crippen molar-refractivity contribution in [3.63, 3.8) is 0 Å². The van der Waals surface area contributed by atoms with Crippen molar-refractivity contribution < 1.29 is 0 Å². The molecule has 0 spiro atoms. The Bertz CT molecular complexity index is 139. The van der Waals surface area contributed by atoms with E-state index in [1.165, 1.54) is 70.6 Å². The normalized spacial score (nSPS) is 14.8. The lowest BCUT2D eigenvalue weighted by atomic mass is 9.94. The van der Waals surface area contributed by atoms with Crippen LogP contribution in [0.25, 0.3) is 0 Å². The zero-order valence-electron chi connectivity index (χ0n) is 12.9. The van der Waals surface area contributed by atoms with Gasteiger partial charge in [0, 0.05) is 0 Å². The molecule has 0 heterocycles. The van der Waals surface area contributed by atoms with Gasteiger partial charge in [0.25, 0.3) is 0 Å². The highest BCUT2D eigenvalue weighted by atomic mass is 14.1. The third kappa shape index (κ3) is 12.2. The van der Waals surface area contributed by atoms with E-state index in [0.717, 1.165) is 11.8 Å². The van der Waals surface area contributed by atoms with Crippen LogP contribution in [0.5, 0.6) is 0 Å². The molecule has 0 fully saturated rings. The topological polar surface area (TPSA) is 0 Å². The van der Waals surface area contributed by atoms with E-state index in [9.17, 15) is 0 Å². The molecular formula is C17H36. The zero-order chi connectivity index (χ0) is 12.9. The molecule has 0 saturated heterocycles. The molecule has 17 heavy (non-hydrogen) atoms. The maximum Gasteiger partial charge on any atom is -0.0443 e. The SMILES string of the molecule is CCCCCCC(C)CCCCC(C)CCC. The fourth-order valence-electron chi connectivity index (χ4n) is 2.69. The number of rotatable bonds is 12. The summed E-state index contributed by atoms with van der Waals surface area (Å²) in [7, 11) is 0. The van der Waals surface area contributed by atoms with Crippen LogP contribution in [0.2, 0.25) is 0 Å². The van der Waals surface area contributed by atoms with Crippen molar-refractivity contribution in [2.24, 2.45) is 11.8 Å². The summed E-state index contributed by atoms with van der Waals surface area (Å²) in [5.74, 6) is 1.92. The van der Waals surface area contributed by atoms with Gasteiger partial charge in [-0.05, 0) is 11.8 Å². The maximum atomic E-state index is 2.45. The zero-order valence-corrected chi connectivity index (χ0v) is 12.9. The van der Waals surface area contributed by atoms with Crippen molar-refractivity contribution in [1.29, 1.82) is 0 Å². The predicted molar refractivity (Wildman–Crippen MR) is 80.5 cm³/mol. The van der Waals surface area contributed by atoms with Crippen molar-refractivity contribution in [1.82, 2.24) is 0 Å². The molecule has 0 rings (SSSR count). The molecule has 0 aliphatic heterocycles. The predicted octanol–water partition coefficient (Wildman–Crippen LogP) is 6.59. The lowest BCUT2D eigenvalue weighted by Gasteiger charge is -2.13. The van der Waals surface area contributed by atoms with Gasteiger partial charge in [0.05, 0.1) is 0 Å². The molecule has 0 N–H and O–H groups in total. The number of unbranched alkanes of at least 4 members (excludes halogenated alkanes) is 4. The first-order valence-corrected chi connectivity index (χ1v) is 8.20. The van der Waals surface area contributed by atoms with Crippen LogP contribution in [0, 0.1) is 11.8 Å². The van der Waals surface area contributed by atoms with Crippen molar-refractivity contribution in [3.8, 4) is 0 Å². The van der Waals surface area contributed by atoms with Gasteiger partial charge in [0.2, 0.25) is 0 Å². The summed E-state index contributed by atoms with van der Waals surface area (Å²) in [6.07, 6.45) is 15.8. The monoisotopic (exact) mass is 240 g/mol. The third-order valence-corrected chi connectivity index (χ3v) is 3.98. The highest BCUT2D eigenvalue weighted by Gasteiger charge is 2.04. The van der Waals surface area contributed by atoms with E-state index in [1.807, 2.05) is 0 Å². The molecule has 2 atom stereocenters. The lowest BCUT2D eigenvalue weighted by molar-refractivity contribution is 0.408. The van der Waals surface area contributed by atoms with Crippen LogP contribution in [-0.2, 0) is 0 Å². The minimum absolute atomic E-state index is 0.958. The lowest BCUT2D eigenvalue weighted by Crippen LogP contribution is -1.97. The quantitative estimate of drug-likeness (QED) is 0.338. The van der Waals surface area contributed by atoms with E-state index >= 15 is 0 Å². The van der Waals surface area contributed by atoms with E-state index in [0.29, 0.717) is 0 Å². The molecule has 0 saturated carbocycles. The molecule has 0 radical (unpaired) electrons. The second kappa shape index (κ2) is 12.5. The smallest absolute Gasteiger partial charge is 0.0443 e. The fourth-order valence-corrected chi connectivity index (χ4v) is 2.69. The summed E-state index contributed by atoms with van der Waals surface area (Å²) >= 11 is 0. The van der Waals surface area contributed by atoms with Crippen LogP contribution >= 0.6 is 0 Å². The molecule has 0 heteroatoms. The van der Waals surface area contributed by atoms with Crippen LogP contribution in [0.1, 0.15) is 98.3 Å². The van der Waals surface area contributed by atoms with Gasteiger partial charge in [-0.1, -0.05) is 98.3 Å². The number of hydrogen-bond acceptors (Lipinski definition) is 0. The Labute approximate surface area is 111 Å². The molecule has 0 aliphatic rings. The Morgan fingerprint density at radius 1 is 0.529 bits per heavy atom. The minimum Gasteiger partial charge on any atom is -0.0654 e.